The lowest BCUT2D eigenvalue weighted by Crippen LogP contribution is -3.68. The fourth-order valence-corrected chi connectivity index (χ4v) is 7.49. The van der Waals surface area contributed by atoms with Crippen molar-refractivity contribution in [1.29, 1.82) is 0 Å². The topological polar surface area (TPSA) is 26.3 Å². The first kappa shape index (κ1) is 13.6. The van der Waals surface area contributed by atoms with Crippen molar-refractivity contribution in [1.82, 2.24) is 0 Å². The van der Waals surface area contributed by atoms with Crippen LogP contribution in [0.2, 0.25) is 0 Å². The second-order valence-electron chi connectivity index (χ2n) is 5.33. The molecule has 0 bridgehead atoms. The van der Waals surface area contributed by atoms with Gasteiger partial charge in [0, 0.05) is 0 Å². The van der Waals surface area contributed by atoms with Crippen LogP contribution in [0.15, 0.2) is 0 Å². The fraction of sp³-hybridized carbons (Fsp3) is 0.929. The van der Waals surface area contributed by atoms with Crippen molar-refractivity contribution in [3.8, 4) is 0 Å². The molecule has 2 rings (SSSR count). The molecule has 0 heterocycles. The van der Waals surface area contributed by atoms with E-state index in [1.807, 2.05) is 0 Å². The first-order valence-electron chi connectivity index (χ1n) is 6.99. The van der Waals surface area contributed by atoms with Crippen LogP contribution in [-0.2, 0) is 9.53 Å². The zero-order valence-electron chi connectivity index (χ0n) is 10.8. The molecule has 0 saturated heterocycles. The smallest absolute Gasteiger partial charge is 0.308 e. The Bertz CT molecular complexity index is 241. The molecule has 2 aliphatic carbocycles. The number of rotatable bonds is 3. The van der Waals surface area contributed by atoms with Gasteiger partial charge in [0.25, 0.3) is 21.2 Å². The Morgan fingerprint density at radius 2 is 1.53 bits per heavy atom. The zero-order valence-corrected chi connectivity index (χ0v) is 12.9. The molecule has 0 N–H and O–H groups in total. The Labute approximate surface area is 115 Å². The van der Waals surface area contributed by atoms with Gasteiger partial charge in [0.15, 0.2) is 7.85 Å². The number of ether oxygens (including phenoxy) is 1. The maximum absolute atomic E-state index is 11.5. The van der Waals surface area contributed by atoms with Gasteiger partial charge in [0.05, 0.1) is 13.0 Å². The molecule has 0 atom stereocenters. The Kier molecular flexibility index (Phi) is 5.57. The highest BCUT2D eigenvalue weighted by atomic mass is 127. The van der Waals surface area contributed by atoms with E-state index in [-0.39, 0.29) is 11.9 Å². The number of carbonyl (C=O) groups excluding carboxylic acids is 1. The molecule has 3 heteroatoms. The number of alkyl halides is 2. The van der Waals surface area contributed by atoms with Gasteiger partial charge in [-0.25, -0.2) is 0 Å². The molecule has 0 unspecified atom stereocenters. The van der Waals surface area contributed by atoms with E-state index in [2.05, 4.69) is 0 Å². The summed E-state index contributed by atoms with van der Waals surface area (Å²) >= 11 is 0.387. The summed E-state index contributed by atoms with van der Waals surface area (Å²) in [5.41, 5.74) is 0. The first-order chi connectivity index (χ1) is 8.29. The van der Waals surface area contributed by atoms with E-state index in [0.717, 1.165) is 20.7 Å². The molecule has 0 spiro atoms. The monoisotopic (exact) mass is 351 g/mol. The van der Waals surface area contributed by atoms with Crippen LogP contribution in [0.4, 0.5) is 0 Å². The van der Waals surface area contributed by atoms with Crippen LogP contribution in [0.25, 0.3) is 0 Å². The van der Waals surface area contributed by atoms with Gasteiger partial charge in [-0.3, -0.25) is 4.79 Å². The molecule has 2 nitrogen and oxygen atoms in total. The molecule has 17 heavy (non-hydrogen) atoms. The molecule has 98 valence electrons. The van der Waals surface area contributed by atoms with E-state index in [9.17, 15) is 4.79 Å². The molecular formula is C14H24IO2+. The summed E-state index contributed by atoms with van der Waals surface area (Å²) in [4.78, 5) is 11.5. The van der Waals surface area contributed by atoms with E-state index in [1.165, 1.54) is 52.1 Å². The van der Waals surface area contributed by atoms with E-state index < -0.39 is 0 Å². The van der Waals surface area contributed by atoms with Gasteiger partial charge < -0.3 is 4.74 Å². The van der Waals surface area contributed by atoms with Gasteiger partial charge in [0.1, 0.15) is 0 Å². The van der Waals surface area contributed by atoms with E-state index in [1.54, 1.807) is 0 Å². The van der Waals surface area contributed by atoms with Crippen molar-refractivity contribution < 1.29 is 30.7 Å². The lowest BCUT2D eigenvalue weighted by molar-refractivity contribution is -0.726. The molecular weight excluding hydrogens is 327 g/mol. The van der Waals surface area contributed by atoms with E-state index in [4.69, 9.17) is 4.74 Å². The first-order valence-corrected chi connectivity index (χ1v) is 9.48. The number of hydrogen-bond acceptors (Lipinski definition) is 2. The highest BCUT2D eigenvalue weighted by Gasteiger charge is 2.37. The summed E-state index contributed by atoms with van der Waals surface area (Å²) < 4.78 is 6.94. The summed E-state index contributed by atoms with van der Waals surface area (Å²) in [5.74, 6) is 0.242. The third-order valence-electron chi connectivity index (χ3n) is 4.08. The fourth-order valence-electron chi connectivity index (χ4n) is 3.01. The van der Waals surface area contributed by atoms with Crippen molar-refractivity contribution in [2.75, 3.05) is 7.11 Å². The Morgan fingerprint density at radius 1 is 0.941 bits per heavy atom. The molecule has 0 amide bonds. The summed E-state index contributed by atoms with van der Waals surface area (Å²) in [6.07, 6.45) is 12.2. The van der Waals surface area contributed by atoms with Crippen LogP contribution in [-0.4, -0.2) is 20.9 Å². The van der Waals surface area contributed by atoms with Gasteiger partial charge in [-0.15, -0.1) is 0 Å². The number of esters is 1. The van der Waals surface area contributed by atoms with Crippen LogP contribution in [0.3, 0.4) is 0 Å². The van der Waals surface area contributed by atoms with Crippen LogP contribution >= 0.6 is 0 Å². The normalized spacial score (nSPS) is 31.1. The number of hydrogen-bond donors (Lipinski definition) is 0. The minimum Gasteiger partial charge on any atom is -0.469 e. The maximum atomic E-state index is 11.5. The molecule has 0 radical (unpaired) electrons. The van der Waals surface area contributed by atoms with Crippen molar-refractivity contribution in [3.05, 3.63) is 0 Å². The Balaban J connectivity index is 1.69. The van der Waals surface area contributed by atoms with Crippen LogP contribution < -0.4 is 21.2 Å². The van der Waals surface area contributed by atoms with Gasteiger partial charge >= 0.3 is 5.97 Å². The standard InChI is InChI=1S/C14H24IO2/c1-17-14(16)11-7-9-13(10-8-11)15-12-5-3-2-4-6-12/h11-13H,2-10H2,1H3/q+1. The van der Waals surface area contributed by atoms with Gasteiger partial charge in [-0.05, 0) is 51.4 Å². The summed E-state index contributed by atoms with van der Waals surface area (Å²) in [6, 6.07) is 0. The SMILES string of the molecule is COC(=O)C1CCC([I+]C2CCCCC2)CC1. The quantitative estimate of drug-likeness (QED) is 0.411. The van der Waals surface area contributed by atoms with E-state index in [0.29, 0.717) is 21.2 Å². The number of carbonyl (C=O) groups is 1. The van der Waals surface area contributed by atoms with Gasteiger partial charge in [0.2, 0.25) is 0 Å². The van der Waals surface area contributed by atoms with Crippen molar-refractivity contribution in [2.24, 2.45) is 5.92 Å². The molecule has 0 aromatic carbocycles. The highest BCUT2D eigenvalue weighted by Crippen LogP contribution is 2.23. The largest absolute Gasteiger partial charge is 0.469 e. The lowest BCUT2D eigenvalue weighted by atomic mass is 9.89. The third kappa shape index (κ3) is 4.11. The second-order valence-corrected chi connectivity index (χ2v) is 9.58. The highest BCUT2D eigenvalue weighted by molar-refractivity contribution is 5.72. The molecule has 0 aromatic heterocycles. The average molecular weight is 351 g/mol. The third-order valence-corrected chi connectivity index (χ3v) is 8.61. The summed E-state index contributed by atoms with van der Waals surface area (Å²) in [5, 5.41) is 0. The van der Waals surface area contributed by atoms with Crippen molar-refractivity contribution in [2.45, 2.75) is 65.6 Å². The van der Waals surface area contributed by atoms with Crippen molar-refractivity contribution >= 4 is 5.97 Å². The van der Waals surface area contributed by atoms with Crippen LogP contribution in [0, 0.1) is 5.92 Å². The molecule has 0 aromatic rings. The Hall–Kier alpha value is 0.200. The molecule has 2 saturated carbocycles. The molecule has 0 aliphatic heterocycles. The van der Waals surface area contributed by atoms with Crippen LogP contribution in [0.5, 0.6) is 0 Å². The minimum absolute atomic E-state index is 0.0271. The van der Waals surface area contributed by atoms with Crippen LogP contribution in [0.1, 0.15) is 57.8 Å². The van der Waals surface area contributed by atoms with Gasteiger partial charge in [-0.2, -0.15) is 0 Å². The number of methoxy groups -OCH3 is 1. The summed E-state index contributed by atoms with van der Waals surface area (Å²) in [6.45, 7) is 0. The molecule has 2 fully saturated rings. The Morgan fingerprint density at radius 3 is 2.12 bits per heavy atom. The summed E-state index contributed by atoms with van der Waals surface area (Å²) in [7, 11) is 1.52. The predicted molar refractivity (Wildman–Crippen MR) is 64.6 cm³/mol. The van der Waals surface area contributed by atoms with E-state index >= 15 is 0 Å². The van der Waals surface area contributed by atoms with Gasteiger partial charge in [-0.1, -0.05) is 6.42 Å². The number of halogens is 1. The zero-order chi connectivity index (χ0) is 12.1. The second kappa shape index (κ2) is 6.95. The maximum Gasteiger partial charge on any atom is 0.308 e. The average Bonchev–Trinajstić information content (AvgIpc) is 2.40. The molecule has 2 aliphatic rings. The predicted octanol–water partition coefficient (Wildman–Crippen LogP) is 0.140. The minimum atomic E-state index is 0.0271. The lowest BCUT2D eigenvalue weighted by Gasteiger charge is -2.22. The van der Waals surface area contributed by atoms with Crippen molar-refractivity contribution in [3.63, 3.8) is 0 Å².